The molecule has 0 aliphatic heterocycles. The summed E-state index contributed by atoms with van der Waals surface area (Å²) in [6.45, 7) is 0. The Morgan fingerprint density at radius 1 is 1.18 bits per heavy atom. The zero-order valence-electron chi connectivity index (χ0n) is 9.77. The molecule has 1 fully saturated rings. The van der Waals surface area contributed by atoms with E-state index in [1.807, 2.05) is 12.4 Å². The Bertz CT molecular complexity index is 518. The van der Waals surface area contributed by atoms with Crippen LogP contribution in [0.5, 0.6) is 0 Å². The molecule has 0 N–H and O–H groups in total. The number of fused-ring (bicyclic) bond motifs is 1. The predicted octanol–water partition coefficient (Wildman–Crippen LogP) is 4.66. The van der Waals surface area contributed by atoms with Gasteiger partial charge in [0.1, 0.15) is 0 Å². The first-order valence-electron chi connectivity index (χ1n) is 6.31. The number of benzene rings is 1. The second kappa shape index (κ2) is 4.77. The van der Waals surface area contributed by atoms with Gasteiger partial charge >= 0.3 is 0 Å². The fourth-order valence-corrected chi connectivity index (χ4v) is 3.68. The molecular formula is C15H16BrN. The molecular weight excluding hydrogens is 274 g/mol. The first kappa shape index (κ1) is 11.2. The van der Waals surface area contributed by atoms with Crippen LogP contribution in [0.25, 0.3) is 10.8 Å². The molecule has 1 aromatic carbocycles. The van der Waals surface area contributed by atoms with Crippen LogP contribution in [0.15, 0.2) is 36.7 Å². The SMILES string of the molecule is BrC1CCCC(c2cccc3ccncc23)C1. The number of aromatic nitrogens is 1. The van der Waals surface area contributed by atoms with Crippen LogP contribution in [0.4, 0.5) is 0 Å². The average molecular weight is 290 g/mol. The number of hydrogen-bond donors (Lipinski definition) is 0. The van der Waals surface area contributed by atoms with E-state index in [1.54, 1.807) is 0 Å². The Morgan fingerprint density at radius 2 is 2.12 bits per heavy atom. The lowest BCUT2D eigenvalue weighted by Crippen LogP contribution is -2.13. The van der Waals surface area contributed by atoms with Gasteiger partial charge in [-0.1, -0.05) is 40.5 Å². The molecule has 88 valence electrons. The maximum atomic E-state index is 4.28. The maximum Gasteiger partial charge on any atom is 0.0349 e. The molecule has 17 heavy (non-hydrogen) atoms. The van der Waals surface area contributed by atoms with Crippen LogP contribution in [-0.4, -0.2) is 9.81 Å². The first-order valence-corrected chi connectivity index (χ1v) is 7.23. The molecule has 1 aromatic heterocycles. The van der Waals surface area contributed by atoms with Gasteiger partial charge in [0.05, 0.1) is 0 Å². The Morgan fingerprint density at radius 3 is 3.00 bits per heavy atom. The van der Waals surface area contributed by atoms with Crippen molar-refractivity contribution in [1.82, 2.24) is 4.98 Å². The second-order valence-electron chi connectivity index (χ2n) is 4.90. The van der Waals surface area contributed by atoms with E-state index >= 15 is 0 Å². The number of nitrogens with zero attached hydrogens (tertiary/aromatic N) is 1. The minimum absolute atomic E-state index is 0.688. The van der Waals surface area contributed by atoms with E-state index in [1.165, 1.54) is 42.0 Å². The smallest absolute Gasteiger partial charge is 0.0349 e. The van der Waals surface area contributed by atoms with Crippen LogP contribution >= 0.6 is 15.9 Å². The Balaban J connectivity index is 2.04. The second-order valence-corrected chi connectivity index (χ2v) is 6.20. The minimum atomic E-state index is 0.688. The Hall–Kier alpha value is -0.890. The third kappa shape index (κ3) is 2.23. The highest BCUT2D eigenvalue weighted by Gasteiger charge is 2.22. The van der Waals surface area contributed by atoms with Gasteiger partial charge in [0.2, 0.25) is 0 Å². The van der Waals surface area contributed by atoms with E-state index in [0.29, 0.717) is 10.7 Å². The summed E-state index contributed by atoms with van der Waals surface area (Å²) in [5.41, 5.74) is 1.49. The van der Waals surface area contributed by atoms with Crippen LogP contribution < -0.4 is 0 Å². The maximum absolute atomic E-state index is 4.28. The number of halogens is 1. The third-order valence-corrected chi connectivity index (χ3v) is 4.60. The zero-order valence-corrected chi connectivity index (χ0v) is 11.4. The van der Waals surface area contributed by atoms with Crippen molar-refractivity contribution in [2.45, 2.75) is 36.4 Å². The van der Waals surface area contributed by atoms with Crippen LogP contribution in [0, 0.1) is 0 Å². The molecule has 0 amide bonds. The van der Waals surface area contributed by atoms with Crippen molar-refractivity contribution in [2.24, 2.45) is 0 Å². The van der Waals surface area contributed by atoms with Crippen molar-refractivity contribution < 1.29 is 0 Å². The van der Waals surface area contributed by atoms with Gasteiger partial charge in [0.25, 0.3) is 0 Å². The standard InChI is InChI=1S/C15H16BrN/c16-13-5-1-4-12(9-13)14-6-2-3-11-7-8-17-10-15(11)14/h2-3,6-8,10,12-13H,1,4-5,9H2. The highest BCUT2D eigenvalue weighted by Crippen LogP contribution is 2.38. The fraction of sp³-hybridized carbons (Fsp3) is 0.400. The first-order chi connectivity index (χ1) is 8.34. The molecule has 1 nitrogen and oxygen atoms in total. The van der Waals surface area contributed by atoms with Gasteiger partial charge < -0.3 is 0 Å². The lowest BCUT2D eigenvalue weighted by molar-refractivity contribution is 0.460. The summed E-state index contributed by atoms with van der Waals surface area (Å²) in [6, 6.07) is 8.73. The van der Waals surface area contributed by atoms with Crippen molar-refractivity contribution >= 4 is 26.7 Å². The molecule has 1 aliphatic rings. The Kier molecular flexibility index (Phi) is 3.15. The van der Waals surface area contributed by atoms with Gasteiger partial charge in [-0.2, -0.15) is 0 Å². The van der Waals surface area contributed by atoms with E-state index in [-0.39, 0.29) is 0 Å². The van der Waals surface area contributed by atoms with E-state index in [4.69, 9.17) is 0 Å². The molecule has 1 saturated carbocycles. The molecule has 0 saturated heterocycles. The molecule has 3 rings (SSSR count). The summed E-state index contributed by atoms with van der Waals surface area (Å²) >= 11 is 3.77. The van der Waals surface area contributed by atoms with Gasteiger partial charge in [-0.3, -0.25) is 4.98 Å². The van der Waals surface area contributed by atoms with E-state index in [2.05, 4.69) is 45.2 Å². The monoisotopic (exact) mass is 289 g/mol. The quantitative estimate of drug-likeness (QED) is 0.696. The van der Waals surface area contributed by atoms with Crippen LogP contribution in [0.1, 0.15) is 37.2 Å². The molecule has 0 radical (unpaired) electrons. The normalized spacial score (nSPS) is 25.0. The average Bonchev–Trinajstić information content (AvgIpc) is 2.38. The van der Waals surface area contributed by atoms with Crippen molar-refractivity contribution in [2.75, 3.05) is 0 Å². The number of hydrogen-bond acceptors (Lipinski definition) is 1. The van der Waals surface area contributed by atoms with Gasteiger partial charge in [-0.25, -0.2) is 0 Å². The topological polar surface area (TPSA) is 12.9 Å². The van der Waals surface area contributed by atoms with Gasteiger partial charge in [-0.05, 0) is 42.2 Å². The summed E-state index contributed by atoms with van der Waals surface area (Å²) in [6.07, 6.45) is 9.11. The van der Waals surface area contributed by atoms with Crippen LogP contribution in [0.3, 0.4) is 0 Å². The molecule has 2 atom stereocenters. The van der Waals surface area contributed by atoms with E-state index in [0.717, 1.165) is 0 Å². The van der Waals surface area contributed by atoms with Gasteiger partial charge in [0, 0.05) is 22.6 Å². The number of rotatable bonds is 1. The summed E-state index contributed by atoms with van der Waals surface area (Å²) in [5, 5.41) is 2.65. The fourth-order valence-electron chi connectivity index (χ4n) is 2.91. The number of pyridine rings is 1. The van der Waals surface area contributed by atoms with Crippen LogP contribution in [-0.2, 0) is 0 Å². The van der Waals surface area contributed by atoms with Crippen molar-refractivity contribution in [3.8, 4) is 0 Å². The summed E-state index contributed by atoms with van der Waals surface area (Å²) in [4.78, 5) is 4.96. The lowest BCUT2D eigenvalue weighted by Gasteiger charge is -2.26. The largest absolute Gasteiger partial charge is 0.264 e. The molecule has 2 heteroatoms. The van der Waals surface area contributed by atoms with Crippen molar-refractivity contribution in [3.05, 3.63) is 42.2 Å². The zero-order chi connectivity index (χ0) is 11.7. The minimum Gasteiger partial charge on any atom is -0.264 e. The summed E-state index contributed by atoms with van der Waals surface area (Å²) < 4.78 is 0. The van der Waals surface area contributed by atoms with E-state index in [9.17, 15) is 0 Å². The third-order valence-electron chi connectivity index (χ3n) is 3.77. The molecule has 1 heterocycles. The summed E-state index contributed by atoms with van der Waals surface area (Å²) in [5.74, 6) is 0.695. The molecule has 2 unspecified atom stereocenters. The lowest BCUT2D eigenvalue weighted by atomic mass is 9.82. The highest BCUT2D eigenvalue weighted by atomic mass is 79.9. The highest BCUT2D eigenvalue weighted by molar-refractivity contribution is 9.09. The molecule has 0 bridgehead atoms. The van der Waals surface area contributed by atoms with Gasteiger partial charge in [-0.15, -0.1) is 0 Å². The molecule has 1 aliphatic carbocycles. The Labute approximate surface area is 110 Å². The van der Waals surface area contributed by atoms with E-state index < -0.39 is 0 Å². The van der Waals surface area contributed by atoms with Crippen molar-refractivity contribution in [1.29, 1.82) is 0 Å². The molecule has 2 aromatic rings. The summed E-state index contributed by atoms with van der Waals surface area (Å²) in [7, 11) is 0. The number of alkyl halides is 1. The van der Waals surface area contributed by atoms with Crippen molar-refractivity contribution in [3.63, 3.8) is 0 Å². The molecule has 0 spiro atoms. The predicted molar refractivity (Wildman–Crippen MR) is 75.7 cm³/mol. The van der Waals surface area contributed by atoms with Crippen LogP contribution in [0.2, 0.25) is 0 Å². The van der Waals surface area contributed by atoms with Gasteiger partial charge in [0.15, 0.2) is 0 Å².